The number of ether oxygens (including phenoxy) is 1. The smallest absolute Gasteiger partial charge is 0.408 e. The molecular weight excluding hydrogens is 249 g/mol. The van der Waals surface area contributed by atoms with Crippen molar-refractivity contribution in [1.82, 2.24) is 5.32 Å². The highest BCUT2D eigenvalue weighted by Gasteiger charge is 2.24. The summed E-state index contributed by atoms with van der Waals surface area (Å²) in [6, 6.07) is 6.08. The summed E-state index contributed by atoms with van der Waals surface area (Å²) in [5.74, 6) is 0. The number of nitrogens with one attached hydrogen (secondary N) is 1. The third-order valence-corrected chi connectivity index (χ3v) is 2.25. The number of rotatable bonds is 4. The molecular formula is C14H18FNO3. The lowest BCUT2D eigenvalue weighted by Crippen LogP contribution is -2.43. The van der Waals surface area contributed by atoms with Crippen LogP contribution in [0.25, 0.3) is 0 Å². The highest BCUT2D eigenvalue weighted by atomic mass is 19.1. The molecule has 0 heterocycles. The van der Waals surface area contributed by atoms with E-state index in [0.29, 0.717) is 0 Å². The first-order valence-electron chi connectivity index (χ1n) is 6.01. The van der Waals surface area contributed by atoms with E-state index in [-0.39, 0.29) is 6.42 Å². The predicted octanol–water partition coefficient (Wildman–Crippen LogP) is 2.62. The van der Waals surface area contributed by atoms with Crippen LogP contribution in [0.2, 0.25) is 0 Å². The summed E-state index contributed by atoms with van der Waals surface area (Å²) >= 11 is 0. The van der Waals surface area contributed by atoms with E-state index in [1.807, 2.05) is 6.07 Å². The van der Waals surface area contributed by atoms with E-state index < -0.39 is 23.8 Å². The van der Waals surface area contributed by atoms with Crippen molar-refractivity contribution in [3.05, 3.63) is 35.9 Å². The van der Waals surface area contributed by atoms with Gasteiger partial charge in [0.2, 0.25) is 0 Å². The van der Waals surface area contributed by atoms with Gasteiger partial charge >= 0.3 is 12.1 Å². The highest BCUT2D eigenvalue weighted by Crippen LogP contribution is 2.09. The van der Waals surface area contributed by atoms with E-state index in [9.17, 15) is 14.0 Å². The van der Waals surface area contributed by atoms with Gasteiger partial charge in [-0.15, -0.1) is 0 Å². The van der Waals surface area contributed by atoms with Crippen LogP contribution in [0.1, 0.15) is 26.3 Å². The van der Waals surface area contributed by atoms with Crippen molar-refractivity contribution >= 4 is 12.1 Å². The van der Waals surface area contributed by atoms with Gasteiger partial charge in [-0.1, -0.05) is 30.3 Å². The quantitative estimate of drug-likeness (QED) is 0.853. The van der Waals surface area contributed by atoms with Crippen LogP contribution in [0, 0.1) is 0 Å². The van der Waals surface area contributed by atoms with Gasteiger partial charge in [-0.2, -0.15) is 4.39 Å². The summed E-state index contributed by atoms with van der Waals surface area (Å²) < 4.78 is 17.9. The monoisotopic (exact) mass is 267 g/mol. The minimum Gasteiger partial charge on any atom is -0.444 e. The molecule has 0 aromatic heterocycles. The molecule has 1 N–H and O–H groups in total. The SMILES string of the molecule is CC(C)(C)OC(=O)NC(Cc1ccccc1)C(=O)F. The Balaban J connectivity index is 2.64. The summed E-state index contributed by atoms with van der Waals surface area (Å²) in [5, 5.41) is 2.24. The first-order chi connectivity index (χ1) is 8.78. The maximum Gasteiger partial charge on any atom is 0.408 e. The Morgan fingerprint density at radius 3 is 2.32 bits per heavy atom. The summed E-state index contributed by atoms with van der Waals surface area (Å²) in [4.78, 5) is 22.4. The molecule has 0 bridgehead atoms. The number of carbonyl (C=O) groups is 2. The minimum absolute atomic E-state index is 0.0927. The molecule has 1 rings (SSSR count). The molecule has 0 aliphatic carbocycles. The Bertz CT molecular complexity index is 440. The van der Waals surface area contributed by atoms with Gasteiger partial charge in [0.1, 0.15) is 11.6 Å². The number of hydrogen-bond acceptors (Lipinski definition) is 3. The van der Waals surface area contributed by atoms with Gasteiger partial charge in [-0.05, 0) is 26.3 Å². The predicted molar refractivity (Wildman–Crippen MR) is 69.4 cm³/mol. The van der Waals surface area contributed by atoms with Crippen LogP contribution < -0.4 is 5.32 Å². The zero-order valence-electron chi connectivity index (χ0n) is 11.3. The fourth-order valence-corrected chi connectivity index (χ4v) is 1.49. The number of hydrogen-bond donors (Lipinski definition) is 1. The normalized spacial score (nSPS) is 12.6. The second-order valence-corrected chi connectivity index (χ2v) is 5.19. The van der Waals surface area contributed by atoms with Crippen molar-refractivity contribution in [1.29, 1.82) is 0 Å². The molecule has 4 nitrogen and oxygen atoms in total. The molecule has 0 aliphatic heterocycles. The molecule has 0 radical (unpaired) electrons. The van der Waals surface area contributed by atoms with Crippen molar-refractivity contribution in [2.24, 2.45) is 0 Å². The van der Waals surface area contributed by atoms with Gasteiger partial charge in [0.05, 0.1) is 0 Å². The summed E-state index contributed by atoms with van der Waals surface area (Å²) in [5.41, 5.74) is 0.0651. The number of halogens is 1. The standard InChI is InChI=1S/C14H18FNO3/c1-14(2,3)19-13(18)16-11(12(15)17)9-10-7-5-4-6-8-10/h4-8,11H,9H2,1-3H3,(H,16,18). The summed E-state index contributed by atoms with van der Waals surface area (Å²) in [6.07, 6.45) is -0.713. The molecule has 1 atom stereocenters. The van der Waals surface area contributed by atoms with E-state index in [2.05, 4.69) is 5.32 Å². The molecule has 0 aliphatic rings. The van der Waals surface area contributed by atoms with E-state index in [0.717, 1.165) is 5.56 Å². The van der Waals surface area contributed by atoms with Crippen molar-refractivity contribution in [2.75, 3.05) is 0 Å². The number of amides is 1. The Labute approximate surface area is 112 Å². The Hall–Kier alpha value is -1.91. The fourth-order valence-electron chi connectivity index (χ4n) is 1.49. The van der Waals surface area contributed by atoms with Crippen LogP contribution in [-0.4, -0.2) is 23.8 Å². The Morgan fingerprint density at radius 1 is 1.26 bits per heavy atom. The van der Waals surface area contributed by atoms with E-state index in [4.69, 9.17) is 4.74 Å². The van der Waals surface area contributed by atoms with Gasteiger partial charge in [0.15, 0.2) is 0 Å². The number of benzene rings is 1. The van der Waals surface area contributed by atoms with Crippen LogP contribution in [0.3, 0.4) is 0 Å². The van der Waals surface area contributed by atoms with Crippen LogP contribution in [0.15, 0.2) is 30.3 Å². The summed E-state index contributed by atoms with van der Waals surface area (Å²) in [6.45, 7) is 5.07. The van der Waals surface area contributed by atoms with Crippen molar-refractivity contribution in [3.63, 3.8) is 0 Å². The molecule has 1 aromatic rings. The lowest BCUT2D eigenvalue weighted by atomic mass is 10.1. The van der Waals surface area contributed by atoms with E-state index >= 15 is 0 Å². The zero-order valence-corrected chi connectivity index (χ0v) is 11.3. The second-order valence-electron chi connectivity index (χ2n) is 5.19. The molecule has 1 amide bonds. The highest BCUT2D eigenvalue weighted by molar-refractivity contribution is 5.80. The van der Waals surface area contributed by atoms with Crippen LogP contribution in [-0.2, 0) is 16.0 Å². The molecule has 0 saturated carbocycles. The van der Waals surface area contributed by atoms with Crippen molar-refractivity contribution < 1.29 is 18.7 Å². The third-order valence-electron chi connectivity index (χ3n) is 2.25. The van der Waals surface area contributed by atoms with Gasteiger partial charge in [-0.3, -0.25) is 4.79 Å². The maximum atomic E-state index is 12.9. The second kappa shape index (κ2) is 6.31. The van der Waals surface area contributed by atoms with E-state index in [1.165, 1.54) is 0 Å². The Kier molecular flexibility index (Phi) is 5.03. The average molecular weight is 267 g/mol. The lowest BCUT2D eigenvalue weighted by molar-refractivity contribution is -0.131. The van der Waals surface area contributed by atoms with Crippen LogP contribution in [0.4, 0.5) is 9.18 Å². The van der Waals surface area contributed by atoms with E-state index in [1.54, 1.807) is 45.0 Å². The minimum atomic E-state index is -1.59. The topological polar surface area (TPSA) is 55.4 Å². The Morgan fingerprint density at radius 2 is 1.84 bits per heavy atom. The molecule has 1 unspecified atom stereocenters. The van der Waals surface area contributed by atoms with Crippen LogP contribution in [0.5, 0.6) is 0 Å². The third kappa shape index (κ3) is 5.99. The van der Waals surface area contributed by atoms with Gasteiger partial charge < -0.3 is 10.1 Å². The average Bonchev–Trinajstić information content (AvgIpc) is 2.26. The van der Waals surface area contributed by atoms with Gasteiger partial charge in [0, 0.05) is 6.42 Å². The molecule has 5 heteroatoms. The molecule has 1 aromatic carbocycles. The fraction of sp³-hybridized carbons (Fsp3) is 0.429. The first-order valence-corrected chi connectivity index (χ1v) is 6.01. The van der Waals surface area contributed by atoms with Gasteiger partial charge in [-0.25, -0.2) is 4.79 Å². The number of alkyl carbamates (subject to hydrolysis) is 1. The molecule has 19 heavy (non-hydrogen) atoms. The van der Waals surface area contributed by atoms with Crippen molar-refractivity contribution in [2.45, 2.75) is 38.8 Å². The molecule has 0 spiro atoms. The molecule has 0 fully saturated rings. The lowest BCUT2D eigenvalue weighted by Gasteiger charge is -2.21. The largest absolute Gasteiger partial charge is 0.444 e. The number of carbonyl (C=O) groups excluding carboxylic acids is 2. The maximum absolute atomic E-state index is 12.9. The molecule has 0 saturated heterocycles. The first kappa shape index (κ1) is 15.1. The van der Waals surface area contributed by atoms with Crippen molar-refractivity contribution in [3.8, 4) is 0 Å². The summed E-state index contributed by atoms with van der Waals surface area (Å²) in [7, 11) is 0. The van der Waals surface area contributed by atoms with Crippen LogP contribution >= 0.6 is 0 Å². The molecule has 104 valence electrons. The van der Waals surface area contributed by atoms with Gasteiger partial charge in [0.25, 0.3) is 0 Å². The zero-order chi connectivity index (χ0) is 14.5.